The lowest BCUT2D eigenvalue weighted by Crippen LogP contribution is -2.50. The van der Waals surface area contributed by atoms with Crippen molar-refractivity contribution in [3.63, 3.8) is 0 Å². The van der Waals surface area contributed by atoms with Crippen LogP contribution in [-0.4, -0.2) is 60.5 Å². The van der Waals surface area contributed by atoms with Crippen molar-refractivity contribution in [1.29, 1.82) is 0 Å². The lowest BCUT2D eigenvalue weighted by molar-refractivity contribution is -0.154. The number of benzene rings is 2. The van der Waals surface area contributed by atoms with Crippen LogP contribution >= 0.6 is 0 Å². The molecule has 2 aliphatic rings. The molecule has 2 aliphatic heterocycles. The molecule has 178 valence electrons. The molecule has 0 spiro atoms. The Balaban J connectivity index is 1.33. The average molecular weight is 466 g/mol. The fraction of sp³-hybridized carbons (Fsp3) is 0.360. The van der Waals surface area contributed by atoms with Crippen LogP contribution < -0.4 is 14.8 Å². The molecule has 2 aromatic carbocycles. The van der Waals surface area contributed by atoms with Gasteiger partial charge in [0.2, 0.25) is 0 Å². The number of nitrogens with one attached hydrogen (secondary N) is 1. The first-order chi connectivity index (χ1) is 16.4. The Hall–Kier alpha value is -3.88. The van der Waals surface area contributed by atoms with Gasteiger partial charge in [-0.2, -0.15) is 0 Å². The summed E-state index contributed by atoms with van der Waals surface area (Å²) in [5, 5.41) is 2.65. The molecule has 3 atom stereocenters. The molecule has 2 heterocycles. The average Bonchev–Trinajstić information content (AvgIpc) is 3.11. The Labute approximate surface area is 197 Å². The molecule has 9 nitrogen and oxygen atoms in total. The van der Waals surface area contributed by atoms with E-state index >= 15 is 0 Å². The Kier molecular flexibility index (Phi) is 6.81. The van der Waals surface area contributed by atoms with Crippen LogP contribution in [0.25, 0.3) is 0 Å². The van der Waals surface area contributed by atoms with E-state index in [9.17, 15) is 19.2 Å². The Bertz CT molecular complexity index is 1080. The SMILES string of the molecule is CC[C@H](C)[C@@H](C(=O)OCC(=O)NCC1COc2ccccc2O1)N1C(=O)c2ccccc2C1=O. The summed E-state index contributed by atoms with van der Waals surface area (Å²) >= 11 is 0. The van der Waals surface area contributed by atoms with Crippen molar-refractivity contribution in [2.75, 3.05) is 19.8 Å². The largest absolute Gasteiger partial charge is 0.486 e. The highest BCUT2D eigenvalue weighted by Crippen LogP contribution is 2.31. The molecule has 0 aromatic heterocycles. The lowest BCUT2D eigenvalue weighted by Gasteiger charge is -2.29. The fourth-order valence-corrected chi connectivity index (χ4v) is 3.94. The van der Waals surface area contributed by atoms with Crippen LogP contribution in [0.1, 0.15) is 41.0 Å². The standard InChI is InChI=1S/C25H26N2O7/c1-3-15(2)22(27-23(29)17-8-4-5-9-18(17)24(27)30)25(31)33-14-21(28)26-12-16-13-32-19-10-6-7-11-20(19)34-16/h4-11,15-16,22H,3,12-14H2,1-2H3,(H,26,28)/t15-,16?,22-/m0/s1. The second kappa shape index (κ2) is 9.94. The van der Waals surface area contributed by atoms with Gasteiger partial charge < -0.3 is 19.5 Å². The highest BCUT2D eigenvalue weighted by Gasteiger charge is 2.45. The molecule has 0 saturated carbocycles. The highest BCUT2D eigenvalue weighted by molar-refractivity contribution is 6.22. The number of amides is 3. The second-order valence-corrected chi connectivity index (χ2v) is 8.27. The van der Waals surface area contributed by atoms with Gasteiger partial charge in [0.1, 0.15) is 18.8 Å². The number of hydrogen-bond donors (Lipinski definition) is 1. The van der Waals surface area contributed by atoms with E-state index in [1.165, 1.54) is 0 Å². The normalized spacial score (nSPS) is 18.2. The molecule has 0 radical (unpaired) electrons. The summed E-state index contributed by atoms with van der Waals surface area (Å²) in [6, 6.07) is 12.5. The number of carbonyl (C=O) groups excluding carboxylic acids is 4. The van der Waals surface area contributed by atoms with E-state index in [2.05, 4.69) is 5.32 Å². The third-order valence-electron chi connectivity index (χ3n) is 5.97. The number of esters is 1. The van der Waals surface area contributed by atoms with Gasteiger partial charge in [-0.15, -0.1) is 0 Å². The van der Waals surface area contributed by atoms with E-state index in [-0.39, 0.29) is 36.3 Å². The van der Waals surface area contributed by atoms with E-state index in [0.717, 1.165) is 4.90 Å². The number of imide groups is 1. The van der Waals surface area contributed by atoms with E-state index in [1.54, 1.807) is 43.3 Å². The van der Waals surface area contributed by atoms with Gasteiger partial charge in [-0.3, -0.25) is 19.3 Å². The number of carbonyl (C=O) groups is 4. The monoisotopic (exact) mass is 466 g/mol. The predicted octanol–water partition coefficient (Wildman–Crippen LogP) is 2.20. The van der Waals surface area contributed by atoms with Gasteiger partial charge >= 0.3 is 5.97 Å². The summed E-state index contributed by atoms with van der Waals surface area (Å²) in [5.41, 5.74) is 0.505. The van der Waals surface area contributed by atoms with Crippen molar-refractivity contribution >= 4 is 23.7 Å². The third-order valence-corrected chi connectivity index (χ3v) is 5.97. The van der Waals surface area contributed by atoms with Gasteiger partial charge in [-0.1, -0.05) is 44.5 Å². The Morgan fingerprint density at radius 2 is 1.68 bits per heavy atom. The number of nitrogens with zero attached hydrogens (tertiary/aromatic N) is 1. The quantitative estimate of drug-likeness (QED) is 0.469. The molecule has 0 aliphatic carbocycles. The van der Waals surface area contributed by atoms with Crippen molar-refractivity contribution in [1.82, 2.24) is 10.2 Å². The first-order valence-corrected chi connectivity index (χ1v) is 11.2. The Morgan fingerprint density at radius 3 is 2.32 bits per heavy atom. The minimum absolute atomic E-state index is 0.165. The van der Waals surface area contributed by atoms with E-state index < -0.39 is 36.3 Å². The van der Waals surface area contributed by atoms with E-state index in [4.69, 9.17) is 14.2 Å². The zero-order valence-corrected chi connectivity index (χ0v) is 19.0. The van der Waals surface area contributed by atoms with Crippen molar-refractivity contribution in [3.8, 4) is 11.5 Å². The summed E-state index contributed by atoms with van der Waals surface area (Å²) in [6.45, 7) is 3.50. The maximum absolute atomic E-state index is 12.9. The molecule has 0 saturated heterocycles. The van der Waals surface area contributed by atoms with Crippen molar-refractivity contribution in [2.45, 2.75) is 32.4 Å². The van der Waals surface area contributed by atoms with Crippen LogP contribution in [0.3, 0.4) is 0 Å². The Morgan fingerprint density at radius 1 is 1.06 bits per heavy atom. The van der Waals surface area contributed by atoms with E-state index in [1.807, 2.05) is 19.1 Å². The van der Waals surface area contributed by atoms with Crippen molar-refractivity contribution in [3.05, 3.63) is 59.7 Å². The second-order valence-electron chi connectivity index (χ2n) is 8.27. The van der Waals surface area contributed by atoms with Crippen LogP contribution in [0.2, 0.25) is 0 Å². The summed E-state index contributed by atoms with van der Waals surface area (Å²) < 4.78 is 16.6. The highest BCUT2D eigenvalue weighted by atomic mass is 16.6. The molecule has 1 unspecified atom stereocenters. The molecule has 34 heavy (non-hydrogen) atoms. The number of rotatable bonds is 8. The molecule has 2 aromatic rings. The summed E-state index contributed by atoms with van der Waals surface area (Å²) in [7, 11) is 0. The minimum Gasteiger partial charge on any atom is -0.486 e. The maximum Gasteiger partial charge on any atom is 0.330 e. The molecule has 3 amide bonds. The van der Waals surface area contributed by atoms with Gasteiger partial charge in [0.15, 0.2) is 18.1 Å². The third kappa shape index (κ3) is 4.59. The van der Waals surface area contributed by atoms with Gasteiger partial charge in [0, 0.05) is 0 Å². The number of ether oxygens (including phenoxy) is 3. The first-order valence-electron chi connectivity index (χ1n) is 11.2. The molecule has 9 heteroatoms. The van der Waals surface area contributed by atoms with Gasteiger partial charge in [-0.05, 0) is 30.2 Å². The summed E-state index contributed by atoms with van der Waals surface area (Å²) in [5.74, 6) is -1.53. The molecular weight excluding hydrogens is 440 g/mol. The van der Waals surface area contributed by atoms with Crippen LogP contribution in [-0.2, 0) is 14.3 Å². The van der Waals surface area contributed by atoms with Crippen LogP contribution in [0.5, 0.6) is 11.5 Å². The lowest BCUT2D eigenvalue weighted by atomic mass is 9.97. The summed E-state index contributed by atoms with van der Waals surface area (Å²) in [6.07, 6.45) is 0.139. The topological polar surface area (TPSA) is 111 Å². The first kappa shape index (κ1) is 23.3. The van der Waals surface area contributed by atoms with Crippen LogP contribution in [0.15, 0.2) is 48.5 Å². The zero-order chi connectivity index (χ0) is 24.2. The van der Waals surface area contributed by atoms with Crippen molar-refractivity contribution in [2.24, 2.45) is 5.92 Å². The molecular formula is C25H26N2O7. The molecule has 0 fully saturated rings. The fourth-order valence-electron chi connectivity index (χ4n) is 3.94. The minimum atomic E-state index is -1.13. The molecule has 1 N–H and O–H groups in total. The number of fused-ring (bicyclic) bond motifs is 2. The van der Waals surface area contributed by atoms with E-state index in [0.29, 0.717) is 17.9 Å². The van der Waals surface area contributed by atoms with Crippen LogP contribution in [0, 0.1) is 5.92 Å². The molecule has 4 rings (SSSR count). The zero-order valence-electron chi connectivity index (χ0n) is 19.0. The van der Waals surface area contributed by atoms with Crippen LogP contribution in [0.4, 0.5) is 0 Å². The summed E-state index contributed by atoms with van der Waals surface area (Å²) in [4.78, 5) is 51.9. The van der Waals surface area contributed by atoms with Gasteiger partial charge in [0.05, 0.1) is 17.7 Å². The smallest absolute Gasteiger partial charge is 0.330 e. The maximum atomic E-state index is 12.9. The van der Waals surface area contributed by atoms with Gasteiger partial charge in [-0.25, -0.2) is 4.79 Å². The van der Waals surface area contributed by atoms with Crippen molar-refractivity contribution < 1.29 is 33.4 Å². The predicted molar refractivity (Wildman–Crippen MR) is 121 cm³/mol. The molecule has 0 bridgehead atoms. The van der Waals surface area contributed by atoms with Gasteiger partial charge in [0.25, 0.3) is 17.7 Å². The number of hydrogen-bond acceptors (Lipinski definition) is 7. The number of para-hydroxylation sites is 2.